The number of carbonyl (C=O) groups excluding carboxylic acids is 3. The molecular formula is C21H28NNaO4. The SMILES string of the molecule is CC(C)=CCCC(C)=CCCC1=CCC2C(=O)N(CC(=O)[O-])C(=O)C2C1.[Na+]. The molecule has 1 aliphatic carbocycles. The van der Waals surface area contributed by atoms with Crippen molar-refractivity contribution in [3.8, 4) is 0 Å². The van der Waals surface area contributed by atoms with Crippen molar-refractivity contribution in [2.75, 3.05) is 6.54 Å². The Morgan fingerprint density at radius 1 is 1.15 bits per heavy atom. The smallest absolute Gasteiger partial charge is 0.548 e. The van der Waals surface area contributed by atoms with E-state index in [2.05, 4.69) is 39.0 Å². The molecule has 0 aromatic heterocycles. The first-order valence-corrected chi connectivity index (χ1v) is 9.31. The van der Waals surface area contributed by atoms with Crippen molar-refractivity contribution in [1.29, 1.82) is 0 Å². The van der Waals surface area contributed by atoms with Crippen LogP contribution in [-0.2, 0) is 14.4 Å². The summed E-state index contributed by atoms with van der Waals surface area (Å²) in [6.07, 6.45) is 11.5. The molecule has 0 bridgehead atoms. The first kappa shape index (κ1) is 23.9. The largest absolute Gasteiger partial charge is 1.00 e. The summed E-state index contributed by atoms with van der Waals surface area (Å²) in [4.78, 5) is 36.2. The zero-order chi connectivity index (χ0) is 19.3. The summed E-state index contributed by atoms with van der Waals surface area (Å²) < 4.78 is 0. The predicted molar refractivity (Wildman–Crippen MR) is 97.7 cm³/mol. The summed E-state index contributed by atoms with van der Waals surface area (Å²) >= 11 is 0. The Bertz CT molecular complexity index is 674. The summed E-state index contributed by atoms with van der Waals surface area (Å²) in [6, 6.07) is 0. The van der Waals surface area contributed by atoms with Gasteiger partial charge in [-0.25, -0.2) is 0 Å². The number of likely N-dealkylation sites (tertiary alicyclic amines) is 1. The third-order valence-electron chi connectivity index (χ3n) is 5.13. The third-order valence-corrected chi connectivity index (χ3v) is 5.13. The number of nitrogens with zero attached hydrogens (tertiary/aromatic N) is 1. The van der Waals surface area contributed by atoms with E-state index in [0.29, 0.717) is 12.8 Å². The number of aliphatic carboxylic acids is 1. The number of amides is 2. The van der Waals surface area contributed by atoms with Crippen molar-refractivity contribution in [3.63, 3.8) is 0 Å². The van der Waals surface area contributed by atoms with Gasteiger partial charge in [0.25, 0.3) is 0 Å². The van der Waals surface area contributed by atoms with Gasteiger partial charge in [0.1, 0.15) is 0 Å². The van der Waals surface area contributed by atoms with E-state index in [4.69, 9.17) is 0 Å². The van der Waals surface area contributed by atoms with Gasteiger partial charge >= 0.3 is 29.6 Å². The zero-order valence-electron chi connectivity index (χ0n) is 16.9. The molecule has 0 aromatic rings. The van der Waals surface area contributed by atoms with E-state index in [1.54, 1.807) is 0 Å². The number of carbonyl (C=O) groups is 3. The van der Waals surface area contributed by atoms with E-state index < -0.39 is 24.3 Å². The fourth-order valence-electron chi connectivity index (χ4n) is 3.69. The number of allylic oxidation sites excluding steroid dienone is 6. The molecule has 2 unspecified atom stereocenters. The standard InChI is InChI=1S/C21H29NO4.Na/c1-14(2)6-4-7-15(3)8-5-9-16-10-11-17-18(12-16)21(26)22(20(17)25)13-19(23)24;/h6,8,10,17-18H,4-5,7,9,11-13H2,1-3H3,(H,23,24);/q;+1/p-1. The molecule has 142 valence electrons. The van der Waals surface area contributed by atoms with Crippen LogP contribution in [0.25, 0.3) is 0 Å². The van der Waals surface area contributed by atoms with Gasteiger partial charge in [-0.2, -0.15) is 0 Å². The van der Waals surface area contributed by atoms with Crippen LogP contribution in [0.4, 0.5) is 0 Å². The number of imide groups is 1. The Labute approximate surface area is 183 Å². The van der Waals surface area contributed by atoms with Crippen LogP contribution in [0.15, 0.2) is 34.9 Å². The van der Waals surface area contributed by atoms with E-state index in [9.17, 15) is 19.5 Å². The Balaban J connectivity index is 0.00000364. The van der Waals surface area contributed by atoms with E-state index >= 15 is 0 Å². The topological polar surface area (TPSA) is 77.5 Å². The Hall–Kier alpha value is -1.17. The predicted octanol–water partition coefficient (Wildman–Crippen LogP) is -0.465. The van der Waals surface area contributed by atoms with Crippen LogP contribution in [0.5, 0.6) is 0 Å². The molecular weight excluding hydrogens is 353 g/mol. The maximum absolute atomic E-state index is 12.4. The monoisotopic (exact) mass is 381 g/mol. The molecule has 27 heavy (non-hydrogen) atoms. The number of carboxylic acids is 1. The number of carboxylic acid groups (broad SMARTS) is 1. The summed E-state index contributed by atoms with van der Waals surface area (Å²) in [5.41, 5.74) is 3.89. The molecule has 1 aliphatic heterocycles. The van der Waals surface area contributed by atoms with Crippen molar-refractivity contribution in [3.05, 3.63) is 34.9 Å². The summed E-state index contributed by atoms with van der Waals surface area (Å²) in [7, 11) is 0. The summed E-state index contributed by atoms with van der Waals surface area (Å²) in [5.74, 6) is -2.92. The van der Waals surface area contributed by atoms with Gasteiger partial charge in [-0.1, -0.05) is 34.9 Å². The fraction of sp³-hybridized carbons (Fsp3) is 0.571. The van der Waals surface area contributed by atoms with Gasteiger partial charge in [0.2, 0.25) is 11.8 Å². The average Bonchev–Trinajstić information content (AvgIpc) is 2.79. The fourth-order valence-corrected chi connectivity index (χ4v) is 3.69. The van der Waals surface area contributed by atoms with E-state index in [-0.39, 0.29) is 41.4 Å². The molecule has 0 saturated carbocycles. The molecule has 0 radical (unpaired) electrons. The van der Waals surface area contributed by atoms with Crippen LogP contribution in [0.1, 0.15) is 59.3 Å². The first-order chi connectivity index (χ1) is 12.3. The van der Waals surface area contributed by atoms with Crippen LogP contribution >= 0.6 is 0 Å². The minimum atomic E-state index is -1.40. The molecule has 1 heterocycles. The van der Waals surface area contributed by atoms with Crippen molar-refractivity contribution < 1.29 is 49.0 Å². The van der Waals surface area contributed by atoms with Crippen molar-refractivity contribution in [1.82, 2.24) is 4.90 Å². The van der Waals surface area contributed by atoms with Crippen LogP contribution in [0.3, 0.4) is 0 Å². The average molecular weight is 381 g/mol. The Morgan fingerprint density at radius 2 is 1.81 bits per heavy atom. The maximum atomic E-state index is 12.4. The first-order valence-electron chi connectivity index (χ1n) is 9.31. The Morgan fingerprint density at radius 3 is 2.44 bits per heavy atom. The molecule has 1 saturated heterocycles. The van der Waals surface area contributed by atoms with Gasteiger partial charge in [0, 0.05) is 0 Å². The number of hydrogen-bond acceptors (Lipinski definition) is 4. The van der Waals surface area contributed by atoms with E-state index in [0.717, 1.165) is 30.6 Å². The van der Waals surface area contributed by atoms with Crippen LogP contribution in [0, 0.1) is 11.8 Å². The van der Waals surface area contributed by atoms with Crippen molar-refractivity contribution in [2.24, 2.45) is 11.8 Å². The molecule has 2 atom stereocenters. The molecule has 0 N–H and O–H groups in total. The maximum Gasteiger partial charge on any atom is 1.00 e. The Kier molecular flexibility index (Phi) is 9.71. The zero-order valence-corrected chi connectivity index (χ0v) is 18.9. The van der Waals surface area contributed by atoms with E-state index in [1.807, 2.05) is 0 Å². The normalized spacial score (nSPS) is 22.1. The molecule has 2 rings (SSSR count). The minimum Gasteiger partial charge on any atom is -0.548 e. The van der Waals surface area contributed by atoms with Gasteiger partial charge in [-0.15, -0.1) is 0 Å². The van der Waals surface area contributed by atoms with Gasteiger partial charge in [-0.3, -0.25) is 14.5 Å². The van der Waals surface area contributed by atoms with Gasteiger partial charge < -0.3 is 9.90 Å². The van der Waals surface area contributed by atoms with Gasteiger partial charge in [-0.05, 0) is 59.3 Å². The molecule has 5 nitrogen and oxygen atoms in total. The quantitative estimate of drug-likeness (QED) is 0.324. The van der Waals surface area contributed by atoms with Crippen LogP contribution < -0.4 is 34.7 Å². The van der Waals surface area contributed by atoms with Crippen molar-refractivity contribution >= 4 is 17.8 Å². The third kappa shape index (κ3) is 6.74. The second kappa shape index (κ2) is 11.0. The second-order valence-corrected chi connectivity index (χ2v) is 7.56. The molecule has 1 fully saturated rings. The molecule has 0 spiro atoms. The minimum absolute atomic E-state index is 0. The summed E-state index contributed by atoms with van der Waals surface area (Å²) in [5, 5.41) is 10.8. The number of rotatable bonds is 8. The van der Waals surface area contributed by atoms with Gasteiger partial charge in [0.05, 0.1) is 24.3 Å². The van der Waals surface area contributed by atoms with Crippen LogP contribution in [0.2, 0.25) is 0 Å². The van der Waals surface area contributed by atoms with Crippen molar-refractivity contribution in [2.45, 2.75) is 59.3 Å². The van der Waals surface area contributed by atoms with Crippen LogP contribution in [-0.4, -0.2) is 29.2 Å². The van der Waals surface area contributed by atoms with E-state index in [1.165, 1.54) is 16.7 Å². The summed E-state index contributed by atoms with van der Waals surface area (Å²) in [6.45, 7) is 5.71. The number of fused-ring (bicyclic) bond motifs is 1. The molecule has 2 amide bonds. The molecule has 6 heteroatoms. The molecule has 2 aliphatic rings. The molecule has 0 aromatic carbocycles. The number of hydrogen-bond donors (Lipinski definition) is 0. The van der Waals surface area contributed by atoms with Gasteiger partial charge in [0.15, 0.2) is 0 Å². The second-order valence-electron chi connectivity index (χ2n) is 7.56.